The van der Waals surface area contributed by atoms with Gasteiger partial charge in [0, 0.05) is 0 Å². The summed E-state index contributed by atoms with van der Waals surface area (Å²) >= 11 is 0. The monoisotopic (exact) mass is 189 g/mol. The van der Waals surface area contributed by atoms with Gasteiger partial charge in [0.2, 0.25) is 0 Å². The lowest BCUT2D eigenvalue weighted by Crippen LogP contribution is -2.38. The Balaban J connectivity index is 3.46. The first-order valence-corrected chi connectivity index (χ1v) is 5.20. The summed E-state index contributed by atoms with van der Waals surface area (Å²) < 4.78 is 5.52. The summed E-state index contributed by atoms with van der Waals surface area (Å²) in [6.07, 6.45) is 2.39. The van der Waals surface area contributed by atoms with Crippen LogP contribution in [0.5, 0.6) is 0 Å². The van der Waals surface area contributed by atoms with Gasteiger partial charge < -0.3 is 15.2 Å². The van der Waals surface area contributed by atoms with Gasteiger partial charge in [0.15, 0.2) is 0 Å². The molecule has 13 heavy (non-hydrogen) atoms. The smallest absolute Gasteiger partial charge is 0.0645 e. The van der Waals surface area contributed by atoms with Crippen molar-refractivity contribution in [2.45, 2.75) is 45.8 Å². The van der Waals surface area contributed by atoms with Crippen LogP contribution in [0.4, 0.5) is 0 Å². The fourth-order valence-corrected chi connectivity index (χ4v) is 0.923. The molecule has 2 unspecified atom stereocenters. The molecule has 3 heteroatoms. The molecular formula is C10H23NO2. The van der Waals surface area contributed by atoms with Crippen LogP contribution in [0.3, 0.4) is 0 Å². The van der Waals surface area contributed by atoms with E-state index in [1.54, 1.807) is 0 Å². The second kappa shape index (κ2) is 8.48. The van der Waals surface area contributed by atoms with Crippen LogP contribution < -0.4 is 5.32 Å². The van der Waals surface area contributed by atoms with Crippen molar-refractivity contribution in [3.8, 4) is 0 Å². The van der Waals surface area contributed by atoms with E-state index in [2.05, 4.69) is 19.2 Å². The Morgan fingerprint density at radius 1 is 1.38 bits per heavy atom. The zero-order valence-corrected chi connectivity index (χ0v) is 9.05. The lowest BCUT2D eigenvalue weighted by atomic mass is 10.3. The summed E-state index contributed by atoms with van der Waals surface area (Å²) in [5.74, 6) is 0. The van der Waals surface area contributed by atoms with Crippen LogP contribution in [-0.2, 0) is 4.74 Å². The first kappa shape index (κ1) is 12.9. The maximum atomic E-state index is 9.00. The number of aliphatic hydroxyl groups excluding tert-OH is 1. The minimum absolute atomic E-state index is 0.0916. The summed E-state index contributed by atoms with van der Waals surface area (Å²) in [5.41, 5.74) is 0. The summed E-state index contributed by atoms with van der Waals surface area (Å²) in [6, 6.07) is 0.0916. The Labute approximate surface area is 81.5 Å². The number of rotatable bonds is 8. The Morgan fingerprint density at radius 2 is 2.08 bits per heavy atom. The van der Waals surface area contributed by atoms with Crippen molar-refractivity contribution in [1.82, 2.24) is 5.32 Å². The molecule has 0 saturated heterocycles. The zero-order chi connectivity index (χ0) is 10.1. The van der Waals surface area contributed by atoms with E-state index in [-0.39, 0.29) is 18.8 Å². The minimum Gasteiger partial charge on any atom is -0.395 e. The largest absolute Gasteiger partial charge is 0.395 e. The molecular weight excluding hydrogens is 166 g/mol. The van der Waals surface area contributed by atoms with Gasteiger partial charge in [0.05, 0.1) is 25.4 Å². The highest BCUT2D eigenvalue weighted by molar-refractivity contribution is 4.64. The molecule has 0 saturated carbocycles. The fraction of sp³-hybridized carbons (Fsp3) is 1.00. The van der Waals surface area contributed by atoms with E-state index in [0.29, 0.717) is 6.61 Å². The first-order valence-electron chi connectivity index (χ1n) is 5.20. The third-order valence-corrected chi connectivity index (χ3v) is 2.06. The molecule has 0 amide bonds. The molecule has 0 bridgehead atoms. The molecule has 0 fully saturated rings. The molecule has 0 spiro atoms. The molecule has 0 aliphatic carbocycles. The zero-order valence-electron chi connectivity index (χ0n) is 9.05. The van der Waals surface area contributed by atoms with E-state index in [9.17, 15) is 0 Å². The van der Waals surface area contributed by atoms with Crippen molar-refractivity contribution < 1.29 is 9.84 Å². The highest BCUT2D eigenvalue weighted by Gasteiger charge is 2.07. The van der Waals surface area contributed by atoms with Crippen LogP contribution >= 0.6 is 0 Å². The SMILES string of the molecule is CCCNC(CO)COC(C)CC. The van der Waals surface area contributed by atoms with Crippen LogP contribution in [0, 0.1) is 0 Å². The van der Waals surface area contributed by atoms with E-state index < -0.39 is 0 Å². The van der Waals surface area contributed by atoms with E-state index >= 15 is 0 Å². The van der Waals surface area contributed by atoms with Crippen molar-refractivity contribution in [1.29, 1.82) is 0 Å². The Hall–Kier alpha value is -0.120. The minimum atomic E-state index is 0.0916. The number of hydrogen-bond donors (Lipinski definition) is 2. The molecule has 80 valence electrons. The summed E-state index contributed by atoms with van der Waals surface area (Å²) in [5, 5.41) is 12.2. The van der Waals surface area contributed by atoms with E-state index in [1.807, 2.05) is 6.92 Å². The predicted octanol–water partition coefficient (Wildman–Crippen LogP) is 1.16. The maximum absolute atomic E-state index is 9.00. The van der Waals surface area contributed by atoms with E-state index in [1.165, 1.54) is 0 Å². The van der Waals surface area contributed by atoms with Gasteiger partial charge in [-0.25, -0.2) is 0 Å². The summed E-state index contributed by atoms with van der Waals surface area (Å²) in [7, 11) is 0. The molecule has 0 heterocycles. The first-order chi connectivity index (χ1) is 6.24. The molecule has 3 nitrogen and oxygen atoms in total. The summed E-state index contributed by atoms with van der Waals surface area (Å²) in [6.45, 7) is 7.94. The van der Waals surface area contributed by atoms with E-state index in [0.717, 1.165) is 19.4 Å². The number of hydrogen-bond acceptors (Lipinski definition) is 3. The average Bonchev–Trinajstić information content (AvgIpc) is 2.17. The molecule has 0 aromatic rings. The number of aliphatic hydroxyl groups is 1. The standard InChI is InChI=1S/C10H23NO2/c1-4-6-11-10(7-12)8-13-9(3)5-2/h9-12H,4-8H2,1-3H3. The average molecular weight is 189 g/mol. The Kier molecular flexibility index (Phi) is 8.40. The van der Waals surface area contributed by atoms with Crippen LogP contribution in [-0.4, -0.2) is 37.0 Å². The van der Waals surface area contributed by atoms with Gasteiger partial charge in [-0.2, -0.15) is 0 Å². The van der Waals surface area contributed by atoms with Crippen LogP contribution in [0.2, 0.25) is 0 Å². The molecule has 2 atom stereocenters. The predicted molar refractivity (Wildman–Crippen MR) is 54.9 cm³/mol. The van der Waals surface area contributed by atoms with Gasteiger partial charge in [-0.3, -0.25) is 0 Å². The Morgan fingerprint density at radius 3 is 2.54 bits per heavy atom. The van der Waals surface area contributed by atoms with Gasteiger partial charge >= 0.3 is 0 Å². The van der Waals surface area contributed by atoms with Gasteiger partial charge in [-0.15, -0.1) is 0 Å². The second-order valence-electron chi connectivity index (χ2n) is 3.39. The maximum Gasteiger partial charge on any atom is 0.0645 e. The molecule has 0 aliphatic heterocycles. The van der Waals surface area contributed by atoms with Gasteiger partial charge in [-0.05, 0) is 26.3 Å². The molecule has 0 aromatic carbocycles. The second-order valence-corrected chi connectivity index (χ2v) is 3.39. The van der Waals surface area contributed by atoms with Crippen molar-refractivity contribution in [2.24, 2.45) is 0 Å². The quantitative estimate of drug-likeness (QED) is 0.602. The van der Waals surface area contributed by atoms with Gasteiger partial charge in [0.25, 0.3) is 0 Å². The van der Waals surface area contributed by atoms with Gasteiger partial charge in [0.1, 0.15) is 0 Å². The van der Waals surface area contributed by atoms with Crippen LogP contribution in [0.1, 0.15) is 33.6 Å². The van der Waals surface area contributed by atoms with Crippen LogP contribution in [0.25, 0.3) is 0 Å². The Bertz CT molecular complexity index is 109. The van der Waals surface area contributed by atoms with Gasteiger partial charge in [-0.1, -0.05) is 13.8 Å². The third-order valence-electron chi connectivity index (χ3n) is 2.06. The lowest BCUT2D eigenvalue weighted by Gasteiger charge is -2.18. The normalized spacial score (nSPS) is 15.7. The van der Waals surface area contributed by atoms with E-state index in [4.69, 9.17) is 9.84 Å². The molecule has 0 radical (unpaired) electrons. The fourth-order valence-electron chi connectivity index (χ4n) is 0.923. The topological polar surface area (TPSA) is 41.5 Å². The van der Waals surface area contributed by atoms with Crippen molar-refractivity contribution in [3.63, 3.8) is 0 Å². The molecule has 0 aromatic heterocycles. The lowest BCUT2D eigenvalue weighted by molar-refractivity contribution is 0.0355. The van der Waals surface area contributed by atoms with Crippen molar-refractivity contribution >= 4 is 0 Å². The van der Waals surface area contributed by atoms with Crippen molar-refractivity contribution in [3.05, 3.63) is 0 Å². The third kappa shape index (κ3) is 6.99. The molecule has 0 aliphatic rings. The van der Waals surface area contributed by atoms with Crippen LogP contribution in [0.15, 0.2) is 0 Å². The summed E-state index contributed by atoms with van der Waals surface area (Å²) in [4.78, 5) is 0. The highest BCUT2D eigenvalue weighted by atomic mass is 16.5. The van der Waals surface area contributed by atoms with Crippen molar-refractivity contribution in [2.75, 3.05) is 19.8 Å². The number of nitrogens with one attached hydrogen (secondary N) is 1. The highest BCUT2D eigenvalue weighted by Crippen LogP contribution is 1.97. The molecule has 2 N–H and O–H groups in total. The number of ether oxygens (including phenoxy) is 1. The molecule has 0 rings (SSSR count).